The fourth-order valence-corrected chi connectivity index (χ4v) is 1.94. The van der Waals surface area contributed by atoms with Gasteiger partial charge in [0.2, 0.25) is 11.7 Å². The topological polar surface area (TPSA) is 56.0 Å². The monoisotopic (exact) mass is 286 g/mol. The van der Waals surface area contributed by atoms with E-state index in [2.05, 4.69) is 9.97 Å². The molecule has 0 saturated heterocycles. The first kappa shape index (κ1) is 15.4. The highest BCUT2D eigenvalue weighted by molar-refractivity contribution is 5.98. The number of carbonyl (C=O) groups excluding carboxylic acids is 1. The minimum absolute atomic E-state index is 0.0323. The van der Waals surface area contributed by atoms with Crippen LogP contribution >= 0.6 is 0 Å². The molecule has 4 heteroatoms. The van der Waals surface area contributed by atoms with E-state index in [1.54, 1.807) is 12.4 Å². The van der Waals surface area contributed by atoms with Gasteiger partial charge in [-0.15, -0.1) is 0 Å². The Balaban J connectivity index is 2.59. The molecule has 0 fully saturated rings. The summed E-state index contributed by atoms with van der Waals surface area (Å²) in [6.45, 7) is 11.7. The molecule has 0 unspecified atom stereocenters. The van der Waals surface area contributed by atoms with Gasteiger partial charge < -0.3 is 4.42 Å². The second-order valence-corrected chi connectivity index (χ2v) is 7.27. The summed E-state index contributed by atoms with van der Waals surface area (Å²) < 4.78 is 5.82. The SMILES string of the molecule is CC(C)(C)C(=O)c1oc(-c2cccnc2)nc1C(C)(C)C. The van der Waals surface area contributed by atoms with Crippen molar-refractivity contribution in [2.75, 3.05) is 0 Å². The summed E-state index contributed by atoms with van der Waals surface area (Å²) in [5.74, 6) is 0.768. The Hall–Kier alpha value is -1.97. The highest BCUT2D eigenvalue weighted by atomic mass is 16.4. The van der Waals surface area contributed by atoms with E-state index in [9.17, 15) is 4.79 Å². The van der Waals surface area contributed by atoms with Crippen molar-refractivity contribution < 1.29 is 9.21 Å². The maximum Gasteiger partial charge on any atom is 0.228 e. The van der Waals surface area contributed by atoms with Crippen LogP contribution in [0.25, 0.3) is 11.5 Å². The molecule has 2 aromatic heterocycles. The molecular formula is C17H22N2O2. The van der Waals surface area contributed by atoms with Gasteiger partial charge in [-0.2, -0.15) is 0 Å². The fraction of sp³-hybridized carbons (Fsp3) is 0.471. The Morgan fingerprint density at radius 2 is 1.81 bits per heavy atom. The van der Waals surface area contributed by atoms with Gasteiger partial charge in [0.05, 0.1) is 11.3 Å². The van der Waals surface area contributed by atoms with Crippen LogP contribution in [-0.4, -0.2) is 15.8 Å². The molecule has 112 valence electrons. The molecule has 0 spiro atoms. The van der Waals surface area contributed by atoms with Crippen molar-refractivity contribution in [3.05, 3.63) is 36.0 Å². The summed E-state index contributed by atoms with van der Waals surface area (Å²) in [4.78, 5) is 21.3. The summed E-state index contributed by atoms with van der Waals surface area (Å²) in [5, 5.41) is 0. The molecule has 0 bridgehead atoms. The molecule has 0 N–H and O–H groups in total. The van der Waals surface area contributed by atoms with E-state index in [0.717, 1.165) is 5.56 Å². The Morgan fingerprint density at radius 1 is 1.14 bits per heavy atom. The number of Topliss-reactive ketones (excluding diaryl/α,β-unsaturated/α-hetero) is 1. The number of hydrogen-bond acceptors (Lipinski definition) is 4. The van der Waals surface area contributed by atoms with Gasteiger partial charge in [-0.25, -0.2) is 4.98 Å². The number of rotatable bonds is 2. The van der Waals surface area contributed by atoms with Crippen LogP contribution < -0.4 is 0 Å². The average Bonchev–Trinajstić information content (AvgIpc) is 2.82. The molecule has 2 rings (SSSR count). The van der Waals surface area contributed by atoms with Crippen molar-refractivity contribution in [3.63, 3.8) is 0 Å². The Labute approximate surface area is 125 Å². The van der Waals surface area contributed by atoms with E-state index in [1.807, 2.05) is 53.7 Å². The lowest BCUT2D eigenvalue weighted by Crippen LogP contribution is -2.24. The number of aromatic nitrogens is 2. The van der Waals surface area contributed by atoms with E-state index in [0.29, 0.717) is 17.3 Å². The smallest absolute Gasteiger partial charge is 0.228 e. The summed E-state index contributed by atoms with van der Waals surface area (Å²) in [5.41, 5.74) is 0.698. The van der Waals surface area contributed by atoms with E-state index in [-0.39, 0.29) is 11.2 Å². The van der Waals surface area contributed by atoms with Crippen LogP contribution in [0.3, 0.4) is 0 Å². The van der Waals surface area contributed by atoms with Crippen molar-refractivity contribution in [2.24, 2.45) is 5.41 Å². The first-order valence-electron chi connectivity index (χ1n) is 7.07. The van der Waals surface area contributed by atoms with Crippen LogP contribution in [0.2, 0.25) is 0 Å². The Morgan fingerprint density at radius 3 is 2.29 bits per heavy atom. The lowest BCUT2D eigenvalue weighted by molar-refractivity contribution is 0.0826. The molecule has 2 heterocycles. The second-order valence-electron chi connectivity index (χ2n) is 7.27. The predicted octanol–water partition coefficient (Wildman–Crippen LogP) is 4.26. The van der Waals surface area contributed by atoms with Crippen LogP contribution in [0.1, 0.15) is 57.8 Å². The molecule has 0 amide bonds. The molecule has 21 heavy (non-hydrogen) atoms. The quantitative estimate of drug-likeness (QED) is 0.774. The third kappa shape index (κ3) is 3.20. The maximum absolute atomic E-state index is 12.6. The van der Waals surface area contributed by atoms with Gasteiger partial charge in [-0.3, -0.25) is 9.78 Å². The second kappa shape index (κ2) is 5.10. The van der Waals surface area contributed by atoms with Crippen LogP contribution in [0.5, 0.6) is 0 Å². The van der Waals surface area contributed by atoms with Gasteiger partial charge in [-0.05, 0) is 12.1 Å². The molecule has 0 atom stereocenters. The number of oxazole rings is 1. The zero-order valence-corrected chi connectivity index (χ0v) is 13.5. The minimum Gasteiger partial charge on any atom is -0.433 e. The Bertz CT molecular complexity index is 644. The van der Waals surface area contributed by atoms with Crippen LogP contribution in [0.15, 0.2) is 28.9 Å². The average molecular weight is 286 g/mol. The Kier molecular flexibility index (Phi) is 3.74. The zero-order valence-electron chi connectivity index (χ0n) is 13.5. The standard InChI is InChI=1S/C17H22N2O2/c1-16(2,3)13-12(14(20)17(4,5)6)21-15(19-13)11-8-7-9-18-10-11/h7-10H,1-6H3. The molecular weight excluding hydrogens is 264 g/mol. The number of carbonyl (C=O) groups is 1. The van der Waals surface area contributed by atoms with Crippen LogP contribution in [0, 0.1) is 5.41 Å². The number of nitrogens with zero attached hydrogens (tertiary/aromatic N) is 2. The number of hydrogen-bond donors (Lipinski definition) is 0. The largest absolute Gasteiger partial charge is 0.433 e. The first-order valence-corrected chi connectivity index (χ1v) is 7.07. The lowest BCUT2D eigenvalue weighted by Gasteiger charge is -2.19. The summed E-state index contributed by atoms with van der Waals surface area (Å²) in [7, 11) is 0. The number of pyridine rings is 1. The molecule has 0 aliphatic rings. The van der Waals surface area contributed by atoms with Crippen LogP contribution in [-0.2, 0) is 5.41 Å². The summed E-state index contributed by atoms with van der Waals surface area (Å²) >= 11 is 0. The molecule has 2 aromatic rings. The van der Waals surface area contributed by atoms with Crippen LogP contribution in [0.4, 0.5) is 0 Å². The highest BCUT2D eigenvalue weighted by Gasteiger charge is 2.34. The normalized spacial score (nSPS) is 12.5. The van der Waals surface area contributed by atoms with Gasteiger partial charge in [0, 0.05) is 23.2 Å². The van der Waals surface area contributed by atoms with Gasteiger partial charge in [0.1, 0.15) is 0 Å². The molecule has 0 aliphatic heterocycles. The van der Waals surface area contributed by atoms with Crippen molar-refractivity contribution in [3.8, 4) is 11.5 Å². The molecule has 0 saturated carbocycles. The third-order valence-electron chi connectivity index (χ3n) is 3.13. The van der Waals surface area contributed by atoms with E-state index in [4.69, 9.17) is 4.42 Å². The molecule has 0 aromatic carbocycles. The van der Waals surface area contributed by atoms with E-state index >= 15 is 0 Å². The van der Waals surface area contributed by atoms with Gasteiger partial charge in [0.15, 0.2) is 5.76 Å². The van der Waals surface area contributed by atoms with Gasteiger partial charge in [-0.1, -0.05) is 41.5 Å². The molecule has 4 nitrogen and oxygen atoms in total. The maximum atomic E-state index is 12.6. The minimum atomic E-state index is -0.508. The van der Waals surface area contributed by atoms with Crippen molar-refractivity contribution in [2.45, 2.75) is 47.0 Å². The summed E-state index contributed by atoms with van der Waals surface area (Å²) in [6.07, 6.45) is 3.38. The fourth-order valence-electron chi connectivity index (χ4n) is 1.94. The zero-order chi connectivity index (χ0) is 15.8. The van der Waals surface area contributed by atoms with Gasteiger partial charge in [0.25, 0.3) is 0 Å². The van der Waals surface area contributed by atoms with Crippen molar-refractivity contribution >= 4 is 5.78 Å². The van der Waals surface area contributed by atoms with Crippen molar-refractivity contribution in [1.82, 2.24) is 9.97 Å². The third-order valence-corrected chi connectivity index (χ3v) is 3.13. The molecule has 0 aliphatic carbocycles. The van der Waals surface area contributed by atoms with E-state index < -0.39 is 5.41 Å². The lowest BCUT2D eigenvalue weighted by atomic mass is 9.84. The van der Waals surface area contributed by atoms with E-state index in [1.165, 1.54) is 0 Å². The first-order chi connectivity index (χ1) is 9.60. The summed E-state index contributed by atoms with van der Waals surface area (Å²) in [6, 6.07) is 3.69. The van der Waals surface area contributed by atoms with Crippen molar-refractivity contribution in [1.29, 1.82) is 0 Å². The molecule has 0 radical (unpaired) electrons. The van der Waals surface area contributed by atoms with Gasteiger partial charge >= 0.3 is 0 Å². The number of ketones is 1. The highest BCUT2D eigenvalue weighted by Crippen LogP contribution is 2.33. The predicted molar refractivity (Wildman–Crippen MR) is 82.2 cm³/mol.